The van der Waals surface area contributed by atoms with Crippen LogP contribution in [0.5, 0.6) is 0 Å². The quantitative estimate of drug-likeness (QED) is 0.730. The highest BCUT2D eigenvalue weighted by Gasteiger charge is 2.13. The van der Waals surface area contributed by atoms with Gasteiger partial charge in [-0.15, -0.1) is 0 Å². The zero-order valence-electron chi connectivity index (χ0n) is 9.31. The lowest BCUT2D eigenvalue weighted by atomic mass is 10.1. The van der Waals surface area contributed by atoms with Crippen molar-refractivity contribution in [3.8, 4) is 6.07 Å². The summed E-state index contributed by atoms with van der Waals surface area (Å²) in [5, 5.41) is 10.4. The van der Waals surface area contributed by atoms with Crippen LogP contribution in [0.25, 0.3) is 0 Å². The fourth-order valence-electron chi connectivity index (χ4n) is 1.73. The maximum absolute atomic E-state index is 9.02. The Balaban J connectivity index is 2.19. The molecule has 0 amide bonds. The number of nitriles is 1. The van der Waals surface area contributed by atoms with Crippen molar-refractivity contribution in [1.82, 2.24) is 4.98 Å². The molecule has 0 N–H and O–H groups in total. The number of hydrogen-bond donors (Lipinski definition) is 0. The predicted octanol–water partition coefficient (Wildman–Crippen LogP) is 3.46. The summed E-state index contributed by atoms with van der Waals surface area (Å²) in [5.41, 5.74) is 1.66. The van der Waals surface area contributed by atoms with Gasteiger partial charge in [-0.3, -0.25) is 0 Å². The average Bonchev–Trinajstić information content (AvgIpc) is 2.31. The van der Waals surface area contributed by atoms with E-state index in [1.54, 1.807) is 11.8 Å². The van der Waals surface area contributed by atoms with Gasteiger partial charge in [0.1, 0.15) is 11.1 Å². The van der Waals surface area contributed by atoms with Crippen LogP contribution < -0.4 is 0 Å². The van der Waals surface area contributed by atoms with Crippen molar-refractivity contribution >= 4 is 11.8 Å². The Bertz CT molecular complexity index is 446. The molecule has 16 heavy (non-hydrogen) atoms. The van der Waals surface area contributed by atoms with Gasteiger partial charge in [0.05, 0.1) is 5.56 Å². The summed E-state index contributed by atoms with van der Waals surface area (Å²) in [6.45, 7) is 1.96. The lowest BCUT2D eigenvalue weighted by Crippen LogP contribution is -2.03. The Hall–Kier alpha value is -1.27. The van der Waals surface area contributed by atoms with E-state index < -0.39 is 0 Å². The first kappa shape index (κ1) is 11.2. The SMILES string of the molecule is Cc1ccc(C#N)c(S[C@H]2C=CCCC2)n1. The molecule has 0 saturated heterocycles. The minimum absolute atomic E-state index is 0.482. The number of pyridine rings is 1. The molecule has 1 aromatic rings. The molecule has 2 nitrogen and oxygen atoms in total. The van der Waals surface area contributed by atoms with E-state index in [2.05, 4.69) is 23.2 Å². The van der Waals surface area contributed by atoms with Crippen LogP contribution in [-0.4, -0.2) is 10.2 Å². The second-order valence-corrected chi connectivity index (χ2v) is 5.16. The molecule has 1 aliphatic carbocycles. The zero-order chi connectivity index (χ0) is 11.4. The first-order valence-corrected chi connectivity index (χ1v) is 6.38. The Morgan fingerprint density at radius 1 is 1.50 bits per heavy atom. The van der Waals surface area contributed by atoms with Gasteiger partial charge < -0.3 is 0 Å². The molecule has 0 unspecified atom stereocenters. The van der Waals surface area contributed by atoms with Crippen LogP contribution in [0.3, 0.4) is 0 Å². The highest BCUT2D eigenvalue weighted by molar-refractivity contribution is 8.00. The molecule has 1 atom stereocenters. The van der Waals surface area contributed by atoms with Crippen molar-refractivity contribution in [3.05, 3.63) is 35.5 Å². The van der Waals surface area contributed by atoms with Gasteiger partial charge >= 0.3 is 0 Å². The molecule has 2 rings (SSSR count). The van der Waals surface area contributed by atoms with E-state index in [0.717, 1.165) is 10.7 Å². The molecule has 0 radical (unpaired) electrons. The lowest BCUT2D eigenvalue weighted by molar-refractivity contribution is 0.740. The Kier molecular flexibility index (Phi) is 3.63. The number of aryl methyl sites for hydroxylation is 1. The van der Waals surface area contributed by atoms with E-state index in [9.17, 15) is 0 Å². The van der Waals surface area contributed by atoms with Gasteiger partial charge in [0, 0.05) is 10.9 Å². The Labute approximate surface area is 100 Å². The molecule has 0 spiro atoms. The van der Waals surface area contributed by atoms with Crippen LogP contribution in [-0.2, 0) is 0 Å². The third-order valence-electron chi connectivity index (χ3n) is 2.59. The van der Waals surface area contributed by atoms with E-state index in [1.165, 1.54) is 19.3 Å². The van der Waals surface area contributed by atoms with E-state index in [4.69, 9.17) is 5.26 Å². The standard InChI is InChI=1S/C13H14N2S/c1-10-7-8-11(9-14)13(15-10)16-12-5-3-2-4-6-12/h3,5,7-8,12H,2,4,6H2,1H3/t12-/m0/s1. The van der Waals surface area contributed by atoms with Crippen LogP contribution in [0.15, 0.2) is 29.3 Å². The van der Waals surface area contributed by atoms with Gasteiger partial charge in [-0.05, 0) is 38.3 Å². The largest absolute Gasteiger partial charge is 0.245 e. The third kappa shape index (κ3) is 2.65. The average molecular weight is 230 g/mol. The van der Waals surface area contributed by atoms with Crippen LogP contribution >= 0.6 is 11.8 Å². The third-order valence-corrected chi connectivity index (χ3v) is 3.82. The Morgan fingerprint density at radius 3 is 3.06 bits per heavy atom. The summed E-state index contributed by atoms with van der Waals surface area (Å²) in [5.74, 6) is 0. The van der Waals surface area contributed by atoms with Crippen LogP contribution in [0.4, 0.5) is 0 Å². The number of aromatic nitrogens is 1. The maximum atomic E-state index is 9.02. The molecule has 0 fully saturated rings. The van der Waals surface area contributed by atoms with Gasteiger partial charge in [0.2, 0.25) is 0 Å². The minimum atomic E-state index is 0.482. The van der Waals surface area contributed by atoms with E-state index in [1.807, 2.05) is 19.1 Å². The molecule has 0 saturated carbocycles. The van der Waals surface area contributed by atoms with Crippen molar-refractivity contribution in [3.63, 3.8) is 0 Å². The second kappa shape index (κ2) is 5.18. The van der Waals surface area contributed by atoms with Crippen LogP contribution in [0, 0.1) is 18.3 Å². The predicted molar refractivity (Wildman–Crippen MR) is 66.3 cm³/mol. The van der Waals surface area contributed by atoms with E-state index in [-0.39, 0.29) is 0 Å². The smallest absolute Gasteiger partial charge is 0.115 e. The van der Waals surface area contributed by atoms with Crippen LogP contribution in [0.2, 0.25) is 0 Å². The first-order chi connectivity index (χ1) is 7.79. The molecule has 0 aliphatic heterocycles. The molecule has 1 aromatic heterocycles. The fourth-order valence-corrected chi connectivity index (χ4v) is 2.93. The summed E-state index contributed by atoms with van der Waals surface area (Å²) in [7, 11) is 0. The molecular weight excluding hydrogens is 216 g/mol. The van der Waals surface area contributed by atoms with Gasteiger partial charge in [-0.1, -0.05) is 23.9 Å². The molecule has 1 aliphatic rings. The molecular formula is C13H14N2S. The highest BCUT2D eigenvalue weighted by atomic mass is 32.2. The highest BCUT2D eigenvalue weighted by Crippen LogP contribution is 2.30. The zero-order valence-corrected chi connectivity index (χ0v) is 10.1. The molecule has 0 bridgehead atoms. The summed E-state index contributed by atoms with van der Waals surface area (Å²) >= 11 is 1.71. The van der Waals surface area contributed by atoms with Crippen molar-refractivity contribution in [2.75, 3.05) is 0 Å². The number of thioether (sulfide) groups is 1. The molecule has 3 heteroatoms. The van der Waals surface area contributed by atoms with Gasteiger partial charge in [0.15, 0.2) is 0 Å². The van der Waals surface area contributed by atoms with Crippen molar-refractivity contribution in [2.45, 2.75) is 36.5 Å². The summed E-state index contributed by atoms with van der Waals surface area (Å²) in [6, 6.07) is 5.95. The molecule has 82 valence electrons. The number of allylic oxidation sites excluding steroid dienone is 1. The summed E-state index contributed by atoms with van der Waals surface area (Å²) in [4.78, 5) is 4.44. The maximum Gasteiger partial charge on any atom is 0.115 e. The van der Waals surface area contributed by atoms with Crippen molar-refractivity contribution in [1.29, 1.82) is 5.26 Å². The fraction of sp³-hybridized carbons (Fsp3) is 0.385. The number of nitrogens with zero attached hydrogens (tertiary/aromatic N) is 2. The Morgan fingerprint density at radius 2 is 2.38 bits per heavy atom. The van der Waals surface area contributed by atoms with Gasteiger partial charge in [-0.2, -0.15) is 5.26 Å². The monoisotopic (exact) mass is 230 g/mol. The number of hydrogen-bond acceptors (Lipinski definition) is 3. The normalized spacial score (nSPS) is 19.4. The molecule has 0 aromatic carbocycles. The lowest BCUT2D eigenvalue weighted by Gasteiger charge is -2.15. The summed E-state index contributed by atoms with van der Waals surface area (Å²) in [6.07, 6.45) is 8.06. The van der Waals surface area contributed by atoms with Crippen LogP contribution in [0.1, 0.15) is 30.5 Å². The molecule has 1 heterocycles. The van der Waals surface area contributed by atoms with Crippen molar-refractivity contribution < 1.29 is 0 Å². The van der Waals surface area contributed by atoms with Gasteiger partial charge in [-0.25, -0.2) is 4.98 Å². The van der Waals surface area contributed by atoms with Crippen molar-refractivity contribution in [2.24, 2.45) is 0 Å². The van der Waals surface area contributed by atoms with Gasteiger partial charge in [0.25, 0.3) is 0 Å². The first-order valence-electron chi connectivity index (χ1n) is 5.50. The number of rotatable bonds is 2. The van der Waals surface area contributed by atoms with E-state index >= 15 is 0 Å². The second-order valence-electron chi connectivity index (χ2n) is 3.93. The minimum Gasteiger partial charge on any atom is -0.245 e. The van der Waals surface area contributed by atoms with E-state index in [0.29, 0.717) is 10.8 Å². The topological polar surface area (TPSA) is 36.7 Å². The summed E-state index contributed by atoms with van der Waals surface area (Å²) < 4.78 is 0.